The molecule has 2 aromatic carbocycles. The molecular weight excluding hydrogens is 178 g/mol. The summed E-state index contributed by atoms with van der Waals surface area (Å²) in [4.78, 5) is 1.29. The Morgan fingerprint density at radius 2 is 2.00 bits per heavy atom. The summed E-state index contributed by atoms with van der Waals surface area (Å²) in [5, 5.41) is 5.70. The molecule has 1 aliphatic rings. The fraction of sp³-hybridized carbons (Fsp3) is 0. The second-order valence-corrected chi connectivity index (χ2v) is 3.81. The minimum atomic E-state index is 1.17. The average molecular weight is 185 g/mol. The Balaban J connectivity index is 2.43. The zero-order valence-corrected chi connectivity index (χ0v) is 7.69. The molecule has 62 valence electrons. The molecule has 0 aromatic heterocycles. The Morgan fingerprint density at radius 1 is 1.08 bits per heavy atom. The van der Waals surface area contributed by atoms with Gasteiger partial charge in [-0.2, -0.15) is 0 Å². The molecule has 2 aromatic rings. The van der Waals surface area contributed by atoms with E-state index in [9.17, 15) is 0 Å². The van der Waals surface area contributed by atoms with Gasteiger partial charge in [0.25, 0.3) is 0 Å². The number of anilines is 1. The summed E-state index contributed by atoms with van der Waals surface area (Å²) in [6.07, 6.45) is 0. The summed E-state index contributed by atoms with van der Waals surface area (Å²) in [6, 6.07) is 12.7. The van der Waals surface area contributed by atoms with Crippen LogP contribution in [-0.4, -0.2) is 0 Å². The van der Waals surface area contributed by atoms with Gasteiger partial charge in [0.05, 0.1) is 0 Å². The van der Waals surface area contributed by atoms with Gasteiger partial charge in [0, 0.05) is 10.6 Å². The van der Waals surface area contributed by atoms with Crippen LogP contribution in [0, 0.1) is 5.88 Å². The minimum Gasteiger partial charge on any atom is -0.364 e. The summed E-state index contributed by atoms with van der Waals surface area (Å²) in [5.41, 5.74) is 1.17. The Kier molecular flexibility index (Phi) is 1.49. The van der Waals surface area contributed by atoms with E-state index in [0.717, 1.165) is 0 Å². The number of hydrogen-bond donors (Lipinski definition) is 1. The lowest BCUT2D eigenvalue weighted by Gasteiger charge is -2.02. The van der Waals surface area contributed by atoms with Crippen LogP contribution >= 0.6 is 11.8 Å². The second kappa shape index (κ2) is 2.67. The molecule has 0 atom stereocenters. The number of thioether (sulfide) groups is 1. The van der Waals surface area contributed by atoms with Gasteiger partial charge in [-0.1, -0.05) is 42.1 Å². The summed E-state index contributed by atoms with van der Waals surface area (Å²) >= 11 is 1.64. The largest absolute Gasteiger partial charge is 0.364 e. The Labute approximate surface area is 81.1 Å². The standard InChI is InChI=1S/C11H7NS/c1-2-4-9-8(3-1)5-6-10-11(9)13-7-12-10/h1-6,12H. The van der Waals surface area contributed by atoms with Crippen molar-refractivity contribution < 1.29 is 0 Å². The summed E-state index contributed by atoms with van der Waals surface area (Å²) in [7, 11) is 0. The number of benzene rings is 2. The third kappa shape index (κ3) is 1.02. The van der Waals surface area contributed by atoms with Crippen molar-refractivity contribution in [2.45, 2.75) is 4.90 Å². The summed E-state index contributed by atoms with van der Waals surface area (Å²) < 4.78 is 0. The van der Waals surface area contributed by atoms with Crippen LogP contribution in [0.1, 0.15) is 0 Å². The highest BCUT2D eigenvalue weighted by Crippen LogP contribution is 2.41. The maximum atomic E-state index is 3.11. The lowest BCUT2D eigenvalue weighted by molar-refractivity contribution is 1.52. The average Bonchev–Trinajstić information content (AvgIpc) is 2.65. The van der Waals surface area contributed by atoms with Gasteiger partial charge in [-0.15, -0.1) is 0 Å². The van der Waals surface area contributed by atoms with Crippen molar-refractivity contribution in [2.75, 3.05) is 5.32 Å². The number of nitrogens with one attached hydrogen (secondary N) is 1. The maximum Gasteiger partial charge on any atom is 0.161 e. The van der Waals surface area contributed by atoms with Gasteiger partial charge in [-0.05, 0) is 16.8 Å². The van der Waals surface area contributed by atoms with E-state index in [1.807, 2.05) is 0 Å². The SMILES string of the molecule is [C]1Nc2ccc3ccccc3c2S1. The van der Waals surface area contributed by atoms with Gasteiger partial charge < -0.3 is 5.32 Å². The van der Waals surface area contributed by atoms with E-state index in [1.54, 1.807) is 11.8 Å². The van der Waals surface area contributed by atoms with Crippen molar-refractivity contribution >= 4 is 28.2 Å². The number of rotatable bonds is 0. The van der Waals surface area contributed by atoms with Crippen molar-refractivity contribution in [3.05, 3.63) is 42.3 Å². The molecule has 2 radical (unpaired) electrons. The van der Waals surface area contributed by atoms with E-state index in [1.165, 1.54) is 21.4 Å². The minimum absolute atomic E-state index is 1.17. The molecule has 0 saturated carbocycles. The van der Waals surface area contributed by atoms with Crippen molar-refractivity contribution in [1.82, 2.24) is 0 Å². The molecule has 0 unspecified atom stereocenters. The van der Waals surface area contributed by atoms with Crippen molar-refractivity contribution in [1.29, 1.82) is 0 Å². The first kappa shape index (κ1) is 7.27. The van der Waals surface area contributed by atoms with E-state index < -0.39 is 0 Å². The highest BCUT2D eigenvalue weighted by atomic mass is 32.2. The molecule has 1 N–H and O–H groups in total. The van der Waals surface area contributed by atoms with E-state index in [0.29, 0.717) is 0 Å². The van der Waals surface area contributed by atoms with Crippen LogP contribution in [0.15, 0.2) is 41.3 Å². The summed E-state index contributed by atoms with van der Waals surface area (Å²) in [6.45, 7) is 0. The molecule has 1 heterocycles. The molecule has 0 fully saturated rings. The third-order valence-electron chi connectivity index (χ3n) is 2.22. The molecule has 1 aliphatic heterocycles. The predicted molar refractivity (Wildman–Crippen MR) is 56.7 cm³/mol. The van der Waals surface area contributed by atoms with E-state index >= 15 is 0 Å². The molecule has 0 saturated heterocycles. The normalized spacial score (nSPS) is 14.2. The molecule has 13 heavy (non-hydrogen) atoms. The highest BCUT2D eigenvalue weighted by molar-refractivity contribution is 8.02. The smallest absolute Gasteiger partial charge is 0.161 e. The number of fused-ring (bicyclic) bond motifs is 3. The molecule has 0 aliphatic carbocycles. The van der Waals surface area contributed by atoms with Gasteiger partial charge in [0.1, 0.15) is 0 Å². The maximum absolute atomic E-state index is 3.11. The third-order valence-corrected chi connectivity index (χ3v) is 3.07. The first-order valence-electron chi connectivity index (χ1n) is 4.15. The van der Waals surface area contributed by atoms with Gasteiger partial charge in [-0.25, -0.2) is 0 Å². The second-order valence-electron chi connectivity index (χ2n) is 2.99. The molecule has 2 heteroatoms. The van der Waals surface area contributed by atoms with Gasteiger partial charge in [0.2, 0.25) is 0 Å². The van der Waals surface area contributed by atoms with E-state index in [-0.39, 0.29) is 0 Å². The van der Waals surface area contributed by atoms with E-state index in [2.05, 4.69) is 47.6 Å². The van der Waals surface area contributed by atoms with Crippen LogP contribution in [0.5, 0.6) is 0 Å². The van der Waals surface area contributed by atoms with Crippen LogP contribution in [-0.2, 0) is 0 Å². The predicted octanol–water partition coefficient (Wildman–Crippen LogP) is 3.35. The molecule has 0 bridgehead atoms. The van der Waals surface area contributed by atoms with Gasteiger partial charge in [-0.3, -0.25) is 0 Å². The van der Waals surface area contributed by atoms with Crippen LogP contribution in [0.4, 0.5) is 5.69 Å². The van der Waals surface area contributed by atoms with Gasteiger partial charge in [0.15, 0.2) is 5.88 Å². The first-order valence-corrected chi connectivity index (χ1v) is 4.96. The van der Waals surface area contributed by atoms with Crippen molar-refractivity contribution in [2.24, 2.45) is 0 Å². The zero-order valence-electron chi connectivity index (χ0n) is 6.87. The Morgan fingerprint density at radius 3 is 3.00 bits per heavy atom. The molecular formula is C11H7NS. The topological polar surface area (TPSA) is 12.0 Å². The highest BCUT2D eigenvalue weighted by Gasteiger charge is 2.13. The van der Waals surface area contributed by atoms with Crippen LogP contribution in [0.2, 0.25) is 0 Å². The lowest BCUT2D eigenvalue weighted by atomic mass is 10.1. The lowest BCUT2D eigenvalue weighted by Crippen LogP contribution is -1.82. The Hall–Kier alpha value is -1.15. The first-order chi connectivity index (χ1) is 6.45. The van der Waals surface area contributed by atoms with Crippen LogP contribution in [0.3, 0.4) is 0 Å². The summed E-state index contributed by atoms with van der Waals surface area (Å²) in [5.74, 6) is 3.05. The molecule has 0 spiro atoms. The van der Waals surface area contributed by atoms with Gasteiger partial charge >= 0.3 is 0 Å². The van der Waals surface area contributed by atoms with E-state index in [4.69, 9.17) is 0 Å². The number of hydrogen-bond acceptors (Lipinski definition) is 2. The fourth-order valence-corrected chi connectivity index (χ4v) is 2.37. The van der Waals surface area contributed by atoms with Crippen molar-refractivity contribution in [3.8, 4) is 0 Å². The molecule has 3 rings (SSSR count). The zero-order chi connectivity index (χ0) is 8.67. The fourth-order valence-electron chi connectivity index (χ4n) is 1.58. The van der Waals surface area contributed by atoms with Crippen molar-refractivity contribution in [3.63, 3.8) is 0 Å². The monoisotopic (exact) mass is 185 g/mol. The quantitative estimate of drug-likeness (QED) is 0.675. The molecule has 1 nitrogen and oxygen atoms in total. The van der Waals surface area contributed by atoms with Crippen LogP contribution in [0.25, 0.3) is 10.8 Å². The van der Waals surface area contributed by atoms with Crippen LogP contribution < -0.4 is 5.32 Å². The molecule has 0 amide bonds. The Bertz CT molecular complexity index is 465.